The third kappa shape index (κ3) is 2.07. The average Bonchev–Trinajstić information content (AvgIpc) is 2.58. The van der Waals surface area contributed by atoms with Crippen molar-refractivity contribution in [2.75, 3.05) is 11.4 Å². The van der Waals surface area contributed by atoms with Crippen molar-refractivity contribution in [3.8, 4) is 5.75 Å². The maximum absolute atomic E-state index is 11.5. The number of phenols is 1. The zero-order valence-electron chi connectivity index (χ0n) is 8.83. The monoisotopic (exact) mass is 237 g/mol. The number of rotatable bonds is 2. The lowest BCUT2D eigenvalue weighted by Crippen LogP contribution is -2.25. The number of nitrogens with zero attached hydrogens (tertiary/aromatic N) is 1. The number of carboxylic acids is 1. The van der Waals surface area contributed by atoms with Crippen LogP contribution in [0.4, 0.5) is 5.69 Å². The SMILES string of the molecule is O=C(O)c1ccc(O)c(N2CC(O)CC2=O)c1. The molecule has 1 heterocycles. The summed E-state index contributed by atoms with van der Waals surface area (Å²) in [4.78, 5) is 23.5. The van der Waals surface area contributed by atoms with E-state index in [1.807, 2.05) is 0 Å². The first-order valence-electron chi connectivity index (χ1n) is 5.04. The molecular weight excluding hydrogens is 226 g/mol. The zero-order valence-corrected chi connectivity index (χ0v) is 8.83. The van der Waals surface area contributed by atoms with Crippen molar-refractivity contribution in [1.82, 2.24) is 0 Å². The van der Waals surface area contributed by atoms with E-state index in [0.29, 0.717) is 0 Å². The third-order valence-electron chi connectivity index (χ3n) is 2.62. The Morgan fingerprint density at radius 2 is 2.12 bits per heavy atom. The molecule has 1 aliphatic heterocycles. The van der Waals surface area contributed by atoms with E-state index < -0.39 is 12.1 Å². The van der Waals surface area contributed by atoms with Crippen molar-refractivity contribution in [1.29, 1.82) is 0 Å². The van der Waals surface area contributed by atoms with E-state index in [0.717, 1.165) is 0 Å². The molecule has 2 rings (SSSR count). The van der Waals surface area contributed by atoms with Crippen LogP contribution < -0.4 is 4.90 Å². The number of carbonyl (C=O) groups is 2. The van der Waals surface area contributed by atoms with Crippen LogP contribution in [0.25, 0.3) is 0 Å². The normalized spacial score (nSPS) is 19.7. The first kappa shape index (κ1) is 11.4. The van der Waals surface area contributed by atoms with E-state index in [1.165, 1.54) is 23.1 Å². The summed E-state index contributed by atoms with van der Waals surface area (Å²) in [5, 5.41) is 27.8. The number of aliphatic hydroxyl groups is 1. The topological polar surface area (TPSA) is 98.1 Å². The molecule has 1 aromatic carbocycles. The molecule has 1 fully saturated rings. The van der Waals surface area contributed by atoms with E-state index in [2.05, 4.69) is 0 Å². The molecule has 17 heavy (non-hydrogen) atoms. The maximum atomic E-state index is 11.5. The summed E-state index contributed by atoms with van der Waals surface area (Å²) in [5.74, 6) is -1.66. The molecule has 0 aromatic heterocycles. The standard InChI is InChI=1S/C11H11NO5/c13-7-4-10(15)12(5-7)8-3-6(11(16)17)1-2-9(8)14/h1-3,7,13-14H,4-5H2,(H,16,17). The Labute approximate surface area is 96.7 Å². The number of hydrogen-bond acceptors (Lipinski definition) is 4. The molecule has 1 unspecified atom stereocenters. The number of aliphatic hydroxyl groups excluding tert-OH is 1. The molecule has 6 nitrogen and oxygen atoms in total. The predicted molar refractivity (Wildman–Crippen MR) is 58.0 cm³/mol. The second-order valence-corrected chi connectivity index (χ2v) is 3.87. The summed E-state index contributed by atoms with van der Waals surface area (Å²) in [6.45, 7) is 0.0649. The van der Waals surface area contributed by atoms with Gasteiger partial charge in [0.05, 0.1) is 30.3 Å². The lowest BCUT2D eigenvalue weighted by molar-refractivity contribution is -0.117. The Bertz CT molecular complexity index is 485. The van der Waals surface area contributed by atoms with Crippen molar-refractivity contribution < 1.29 is 24.9 Å². The van der Waals surface area contributed by atoms with E-state index in [9.17, 15) is 19.8 Å². The van der Waals surface area contributed by atoms with Crippen LogP contribution in [0, 0.1) is 0 Å². The second kappa shape index (κ2) is 4.06. The summed E-state index contributed by atoms with van der Waals surface area (Å²) in [6.07, 6.45) is -0.799. The minimum absolute atomic E-state index is 0.0171. The van der Waals surface area contributed by atoms with Crippen molar-refractivity contribution in [2.24, 2.45) is 0 Å². The van der Waals surface area contributed by atoms with E-state index in [4.69, 9.17) is 5.11 Å². The highest BCUT2D eigenvalue weighted by Gasteiger charge is 2.30. The van der Waals surface area contributed by atoms with Gasteiger partial charge in [-0.05, 0) is 18.2 Å². The van der Waals surface area contributed by atoms with Gasteiger partial charge >= 0.3 is 5.97 Å². The average molecular weight is 237 g/mol. The number of amides is 1. The third-order valence-corrected chi connectivity index (χ3v) is 2.62. The quantitative estimate of drug-likeness (QED) is 0.682. The molecule has 3 N–H and O–H groups in total. The number of hydrogen-bond donors (Lipinski definition) is 3. The fourth-order valence-electron chi connectivity index (χ4n) is 1.79. The van der Waals surface area contributed by atoms with Crippen molar-refractivity contribution >= 4 is 17.6 Å². The Balaban J connectivity index is 2.41. The smallest absolute Gasteiger partial charge is 0.335 e. The number of carbonyl (C=O) groups excluding carboxylic acids is 1. The van der Waals surface area contributed by atoms with Crippen LogP contribution in [0.15, 0.2) is 18.2 Å². The first-order chi connectivity index (χ1) is 7.99. The molecule has 0 aliphatic carbocycles. The molecule has 1 amide bonds. The van der Waals surface area contributed by atoms with Crippen LogP contribution in [0.1, 0.15) is 16.8 Å². The molecule has 1 aliphatic rings. The first-order valence-corrected chi connectivity index (χ1v) is 5.04. The van der Waals surface area contributed by atoms with Gasteiger partial charge in [0, 0.05) is 0 Å². The van der Waals surface area contributed by atoms with Gasteiger partial charge in [-0.3, -0.25) is 4.79 Å². The zero-order chi connectivity index (χ0) is 12.6. The summed E-state index contributed by atoms with van der Waals surface area (Å²) in [5.41, 5.74) is 0.0958. The molecule has 0 bridgehead atoms. The van der Waals surface area contributed by atoms with Gasteiger partial charge in [-0.1, -0.05) is 0 Å². The Hall–Kier alpha value is -2.08. The van der Waals surface area contributed by atoms with Crippen LogP contribution >= 0.6 is 0 Å². The molecular formula is C11H11NO5. The van der Waals surface area contributed by atoms with Crippen LogP contribution in [-0.2, 0) is 4.79 Å². The van der Waals surface area contributed by atoms with Gasteiger partial charge in [0.25, 0.3) is 0 Å². The maximum Gasteiger partial charge on any atom is 0.335 e. The van der Waals surface area contributed by atoms with Crippen molar-refractivity contribution in [3.05, 3.63) is 23.8 Å². The largest absolute Gasteiger partial charge is 0.506 e. The van der Waals surface area contributed by atoms with E-state index in [-0.39, 0.29) is 35.9 Å². The van der Waals surface area contributed by atoms with Crippen molar-refractivity contribution in [3.63, 3.8) is 0 Å². The van der Waals surface area contributed by atoms with Crippen LogP contribution in [0.3, 0.4) is 0 Å². The number of carboxylic acid groups (broad SMARTS) is 1. The van der Waals surface area contributed by atoms with Gasteiger partial charge in [0.1, 0.15) is 5.75 Å². The molecule has 0 spiro atoms. The number of phenolic OH excluding ortho intramolecular Hbond substituents is 1. The number of aromatic carboxylic acids is 1. The minimum Gasteiger partial charge on any atom is -0.506 e. The van der Waals surface area contributed by atoms with E-state index >= 15 is 0 Å². The lowest BCUT2D eigenvalue weighted by Gasteiger charge is -2.17. The number of benzene rings is 1. The fraction of sp³-hybridized carbons (Fsp3) is 0.273. The van der Waals surface area contributed by atoms with Gasteiger partial charge in [-0.15, -0.1) is 0 Å². The number of aromatic hydroxyl groups is 1. The lowest BCUT2D eigenvalue weighted by atomic mass is 10.1. The van der Waals surface area contributed by atoms with E-state index in [1.54, 1.807) is 0 Å². The molecule has 1 saturated heterocycles. The molecule has 1 atom stereocenters. The van der Waals surface area contributed by atoms with Crippen molar-refractivity contribution in [2.45, 2.75) is 12.5 Å². The molecule has 0 radical (unpaired) electrons. The highest BCUT2D eigenvalue weighted by atomic mass is 16.4. The van der Waals surface area contributed by atoms with Gasteiger partial charge in [-0.25, -0.2) is 4.79 Å². The van der Waals surface area contributed by atoms with Gasteiger partial charge in [0.2, 0.25) is 5.91 Å². The number of β-amino-alcohol motifs (C(OH)–C–C–N with tert-alkyl or cyclic N) is 1. The highest BCUT2D eigenvalue weighted by Crippen LogP contribution is 2.31. The molecule has 6 heteroatoms. The molecule has 90 valence electrons. The van der Waals surface area contributed by atoms with Gasteiger partial charge in [-0.2, -0.15) is 0 Å². The summed E-state index contributed by atoms with van der Waals surface area (Å²) < 4.78 is 0. The Morgan fingerprint density at radius 3 is 2.65 bits per heavy atom. The summed E-state index contributed by atoms with van der Waals surface area (Å²) >= 11 is 0. The molecule has 0 saturated carbocycles. The Morgan fingerprint density at radius 1 is 1.41 bits per heavy atom. The number of anilines is 1. The van der Waals surface area contributed by atoms with Crippen LogP contribution in [0.5, 0.6) is 5.75 Å². The fourth-order valence-corrected chi connectivity index (χ4v) is 1.79. The molecule has 1 aromatic rings. The van der Waals surface area contributed by atoms with Crippen LogP contribution in [0.2, 0.25) is 0 Å². The van der Waals surface area contributed by atoms with Crippen LogP contribution in [-0.4, -0.2) is 39.8 Å². The minimum atomic E-state index is -1.14. The highest BCUT2D eigenvalue weighted by molar-refractivity contribution is 5.99. The second-order valence-electron chi connectivity index (χ2n) is 3.87. The van der Waals surface area contributed by atoms with Gasteiger partial charge in [0.15, 0.2) is 0 Å². The summed E-state index contributed by atoms with van der Waals surface area (Å²) in [6, 6.07) is 3.68. The Kier molecular flexibility index (Phi) is 2.72. The summed E-state index contributed by atoms with van der Waals surface area (Å²) in [7, 11) is 0. The predicted octanol–water partition coefficient (Wildman–Crippen LogP) is 0.188. The van der Waals surface area contributed by atoms with Gasteiger partial charge < -0.3 is 20.2 Å².